The van der Waals surface area contributed by atoms with Gasteiger partial charge in [-0.25, -0.2) is 0 Å². The first-order valence-corrected chi connectivity index (χ1v) is 23.8. The third-order valence-corrected chi connectivity index (χ3v) is 10.9. The summed E-state index contributed by atoms with van der Waals surface area (Å²) < 4.78 is 231. The summed E-state index contributed by atoms with van der Waals surface area (Å²) in [6, 6.07) is -3.00. The monoisotopic (exact) mass is 1390 g/mol. The predicted molar refractivity (Wildman–Crippen MR) is 223 cm³/mol. The van der Waals surface area contributed by atoms with Gasteiger partial charge in [-0.1, -0.05) is 5.92 Å². The van der Waals surface area contributed by atoms with Crippen molar-refractivity contribution in [2.24, 2.45) is 0 Å². The zero-order valence-electron chi connectivity index (χ0n) is 45.2. The van der Waals surface area contributed by atoms with Gasteiger partial charge in [0.1, 0.15) is 147 Å². The summed E-state index contributed by atoms with van der Waals surface area (Å²) >= 11 is 0. The first kappa shape index (κ1) is 89.0. The van der Waals surface area contributed by atoms with Crippen LogP contribution in [0.2, 0.25) is 0 Å². The maximum absolute atomic E-state index is 12.4. The number of rotatable bonds is 13. The average Bonchev–Trinajstić information content (AvgIpc) is 1.79. The molecule has 0 bridgehead atoms. The zero-order valence-corrected chi connectivity index (χ0v) is 45.2. The molecule has 3 aliphatic heterocycles. The third kappa shape index (κ3) is 32.3. The molecule has 0 radical (unpaired) electrons. The molecule has 0 spiro atoms. The van der Waals surface area contributed by atoms with E-state index >= 15 is 0 Å². The largest absolute Gasteiger partial charge is 0.542 e. The van der Waals surface area contributed by atoms with Crippen molar-refractivity contribution in [2.75, 3.05) is 32.8 Å². The molecule has 0 unspecified atom stereocenters. The summed E-state index contributed by atoms with van der Waals surface area (Å²) in [5.74, 6) is -16.3. The molecule has 91 heavy (non-hydrogen) atoms. The number of amides is 1. The number of hydrogen-bond acceptors (Lipinski definition) is 26. The second-order valence-corrected chi connectivity index (χ2v) is 17.7. The summed E-state index contributed by atoms with van der Waals surface area (Å²) in [7, 11) is 0. The number of aliphatic carboxylic acids is 6. The lowest BCUT2D eigenvalue weighted by molar-refractivity contribution is -0.537. The fraction of sp³-hybridized carbons (Fsp3) is 0.775. The number of halogens is 18. The zero-order chi connectivity index (χ0) is 72.6. The van der Waals surface area contributed by atoms with E-state index in [0.29, 0.717) is 6.42 Å². The number of aliphatic hydroxyl groups excluding tert-OH is 6. The first-order chi connectivity index (χ1) is 40.9. The summed E-state index contributed by atoms with van der Waals surface area (Å²) in [6.07, 6.45) is -43.7. The molecule has 0 aromatic heterocycles. The highest BCUT2D eigenvalue weighted by molar-refractivity contribution is 5.77. The van der Waals surface area contributed by atoms with Crippen molar-refractivity contribution in [1.29, 1.82) is 0 Å². The van der Waals surface area contributed by atoms with Gasteiger partial charge in [0.05, 0.1) is 6.42 Å². The van der Waals surface area contributed by atoms with Crippen molar-refractivity contribution < 1.29 is 241 Å². The smallest absolute Gasteiger partial charge is 0.430 e. The maximum Gasteiger partial charge on any atom is 0.430 e. The second kappa shape index (κ2) is 38.1. The predicted octanol–water partition coefficient (Wildman–Crippen LogP) is -17.6. The minimum Gasteiger partial charge on any atom is -0.542 e. The lowest BCUT2D eigenvalue weighted by Gasteiger charge is -2.44. The van der Waals surface area contributed by atoms with E-state index in [1.54, 1.807) is 0 Å². The van der Waals surface area contributed by atoms with Crippen molar-refractivity contribution in [1.82, 2.24) is 5.32 Å². The number of carbonyl (C=O) groups is 7. The van der Waals surface area contributed by atoms with E-state index in [4.69, 9.17) is 99.0 Å². The molecule has 25 N–H and O–H groups in total. The van der Waals surface area contributed by atoms with Crippen LogP contribution >= 0.6 is 0 Å². The summed E-state index contributed by atoms with van der Waals surface area (Å²) in [6.45, 7) is -0.390. The van der Waals surface area contributed by atoms with Crippen LogP contribution in [0, 0.1) is 12.3 Å². The fourth-order valence-corrected chi connectivity index (χ4v) is 6.54. The van der Waals surface area contributed by atoms with E-state index in [1.165, 1.54) is 0 Å². The van der Waals surface area contributed by atoms with Gasteiger partial charge in [-0.15, -0.1) is 6.42 Å². The van der Waals surface area contributed by atoms with Gasteiger partial charge in [0, 0.05) is 6.54 Å². The molecule has 3 heterocycles. The molecular weight excluding hydrogens is 1340 g/mol. The van der Waals surface area contributed by atoms with Crippen LogP contribution in [0.25, 0.3) is 0 Å². The van der Waals surface area contributed by atoms with Crippen LogP contribution in [-0.4, -0.2) is 259 Å². The highest BCUT2D eigenvalue weighted by Gasteiger charge is 2.57. The Balaban J connectivity index is -0.00000147. The van der Waals surface area contributed by atoms with Gasteiger partial charge in [0.2, 0.25) is 18.5 Å². The van der Waals surface area contributed by atoms with Crippen LogP contribution in [0.5, 0.6) is 0 Å². The summed E-state index contributed by atoms with van der Waals surface area (Å²) in [4.78, 5) is 65.1. The Kier molecular flexibility index (Phi) is 37.3. The molecule has 4 fully saturated rings. The van der Waals surface area contributed by atoms with Gasteiger partial charge in [-0.3, -0.25) is 4.79 Å². The lowest BCUT2D eigenvalue weighted by Crippen LogP contribution is -2.84. The quantitative estimate of drug-likeness (QED) is 0.0463. The Bertz CT molecular complexity index is 2130. The molecule has 534 valence electrons. The van der Waals surface area contributed by atoms with E-state index in [-0.39, 0.29) is 32.8 Å². The number of terminal acetylenes is 1. The standard InChI is InChI=1S/C28H51N7O14.6C2HF3O2/c1-2-3-43-8-14(36)35-7-13-24(48-27-16(34)21(41)19(39)12(6-30)45-27)22(42)28(46-13)49-25-17(37)9(31)4-10(32)23(25)47-26-15(33)20(40)18(38)11(5-29)44-26;6*3-2(4,5)1(6)7/h1,9-13,15-28,37-42H,3-8,29-34H2,(H,35,36);6*(H,6,7)/t9-,10+,11-,12+,13-,15-,16-,17+,18-,19-,20-,21-,22-,23-,24-,25-,26-,27-,28+;;;;;;/m1....../s1. The molecule has 0 aromatic carbocycles. The molecule has 4 rings (SSSR count). The van der Waals surface area contributed by atoms with Crippen LogP contribution < -0.4 is 70.4 Å². The minimum absolute atomic E-state index is 0.0803. The molecule has 1 amide bonds. The molecule has 3 saturated heterocycles. The summed E-state index contributed by atoms with van der Waals surface area (Å²) in [5, 5.41) is 120. The van der Waals surface area contributed by atoms with Crippen molar-refractivity contribution in [3.05, 3.63) is 0 Å². The Morgan fingerprint density at radius 2 is 0.736 bits per heavy atom. The van der Waals surface area contributed by atoms with E-state index in [1.807, 2.05) is 0 Å². The van der Waals surface area contributed by atoms with Crippen molar-refractivity contribution >= 4 is 41.7 Å². The lowest BCUT2D eigenvalue weighted by atomic mass is 9.84. The van der Waals surface area contributed by atoms with Crippen molar-refractivity contribution in [2.45, 2.75) is 160 Å². The van der Waals surface area contributed by atoms with E-state index in [9.17, 15) is 114 Å². The van der Waals surface area contributed by atoms with Crippen molar-refractivity contribution in [3.63, 3.8) is 0 Å². The minimum atomic E-state index is -5.19. The molecule has 0 aromatic rings. The molecule has 51 heteroatoms. The van der Waals surface area contributed by atoms with Crippen LogP contribution in [-0.2, 0) is 66.7 Å². The van der Waals surface area contributed by atoms with Gasteiger partial charge in [-0.2, -0.15) is 79.0 Å². The van der Waals surface area contributed by atoms with Gasteiger partial charge in [0.15, 0.2) is 18.4 Å². The van der Waals surface area contributed by atoms with E-state index in [2.05, 4.69) is 45.6 Å². The third-order valence-electron chi connectivity index (χ3n) is 10.9. The average molecular weight is 1390 g/mol. The molecule has 1 saturated carbocycles. The number of nitrogens with one attached hydrogen (secondary N) is 1. The SMILES string of the molecule is C#CCOCC(=O)NC[C@H]1O[C@@H](O[C@@H]2[C@@H](O)[C@H]([NH3+])C[C@H]([NH3+])[C@H]2O[C@H]2O[C@H](C[NH3+])[C@@H](O)[C@H](O)[C@H]2[NH3+])[C@H](O)[C@@H]1O[C@H]1O[C@@H](C[NH3+])[C@@H](O)[C@H](O)[C@H]1[NH3+].O=C([O-])C(F)(F)F.O=C([O-])C(F)(F)F.O=C([O-])C(F)(F)F.O=C([O-])C(F)(F)F.O=C([O-])C(F)(F)F.O=C([O-])C(F)(F)F. The van der Waals surface area contributed by atoms with Crippen LogP contribution in [0.15, 0.2) is 0 Å². The Morgan fingerprint density at radius 3 is 1.02 bits per heavy atom. The molecular formula is C40H57F18N7O26. The van der Waals surface area contributed by atoms with E-state index < -0.39 is 195 Å². The molecule has 1 aliphatic carbocycles. The molecule has 33 nitrogen and oxygen atoms in total. The van der Waals surface area contributed by atoms with E-state index in [0.717, 1.165) is 0 Å². The van der Waals surface area contributed by atoms with Crippen LogP contribution in [0.4, 0.5) is 79.0 Å². The Hall–Kier alpha value is -6.17. The number of carboxylic acid groups (broad SMARTS) is 6. The number of ether oxygens (including phenoxy) is 7. The van der Waals surface area contributed by atoms with Crippen molar-refractivity contribution in [3.8, 4) is 12.3 Å². The van der Waals surface area contributed by atoms with Gasteiger partial charge in [0.25, 0.3) is 0 Å². The number of hydrogen-bond donors (Lipinski definition) is 13. The highest BCUT2D eigenvalue weighted by atomic mass is 19.4. The number of alkyl halides is 18. The van der Waals surface area contributed by atoms with Gasteiger partial charge < -0.3 is 163 Å². The number of carboxylic acids is 6. The molecule has 4 aliphatic rings. The number of quaternary nitrogens is 6. The highest BCUT2D eigenvalue weighted by Crippen LogP contribution is 2.34. The van der Waals surface area contributed by atoms with Crippen LogP contribution in [0.3, 0.4) is 0 Å². The fourth-order valence-electron chi connectivity index (χ4n) is 6.54. The number of carbonyl (C=O) groups excluding carboxylic acids is 7. The molecule has 19 atom stereocenters. The Labute approximate surface area is 493 Å². The topological polar surface area (TPSA) is 622 Å². The first-order valence-electron chi connectivity index (χ1n) is 23.8. The second-order valence-electron chi connectivity index (χ2n) is 17.7. The Morgan fingerprint density at radius 1 is 0.451 bits per heavy atom. The normalized spacial score (nSPS) is 30.8. The van der Waals surface area contributed by atoms with Crippen LogP contribution in [0.1, 0.15) is 6.42 Å². The summed E-state index contributed by atoms with van der Waals surface area (Å²) in [5.41, 5.74) is 23.4. The number of aliphatic hydroxyl groups is 6. The van der Waals surface area contributed by atoms with Gasteiger partial charge in [-0.05, 0) is 0 Å². The maximum atomic E-state index is 12.4. The van der Waals surface area contributed by atoms with Gasteiger partial charge >= 0.3 is 37.1 Å².